The van der Waals surface area contributed by atoms with Crippen molar-refractivity contribution < 1.29 is 0 Å². The van der Waals surface area contributed by atoms with Crippen LogP contribution in [0.25, 0.3) is 10.1 Å². The van der Waals surface area contributed by atoms with Gasteiger partial charge in [0.15, 0.2) is 0 Å². The van der Waals surface area contributed by atoms with E-state index in [-0.39, 0.29) is 0 Å². The van der Waals surface area contributed by atoms with E-state index in [2.05, 4.69) is 16.0 Å². The normalized spacial score (nSPS) is 21.4. The van der Waals surface area contributed by atoms with Crippen molar-refractivity contribution in [3.05, 3.63) is 28.4 Å². The van der Waals surface area contributed by atoms with Crippen LogP contribution in [0.15, 0.2) is 18.3 Å². The number of pyridine rings is 1. The van der Waals surface area contributed by atoms with Gasteiger partial charge in [-0.05, 0) is 18.6 Å². The second kappa shape index (κ2) is 4.53. The molecule has 0 saturated carbocycles. The number of fused-ring (bicyclic) bond motifs is 1. The minimum absolute atomic E-state index is 0.342. The van der Waals surface area contributed by atoms with E-state index in [4.69, 9.17) is 17.3 Å². The number of hydrogen-bond donors (Lipinski definition) is 1. The van der Waals surface area contributed by atoms with Gasteiger partial charge in [0, 0.05) is 46.8 Å². The number of aromatic nitrogens is 1. The lowest BCUT2D eigenvalue weighted by Crippen LogP contribution is -2.25. The molecule has 0 unspecified atom stereocenters. The van der Waals surface area contributed by atoms with Gasteiger partial charge in [-0.1, -0.05) is 11.6 Å². The molecule has 0 spiro atoms. The second-order valence-corrected chi connectivity index (χ2v) is 6.04. The molecule has 0 bridgehead atoms. The zero-order valence-corrected chi connectivity index (χ0v) is 11.0. The van der Waals surface area contributed by atoms with E-state index in [0.717, 1.165) is 31.4 Å². The van der Waals surface area contributed by atoms with Crippen molar-refractivity contribution >= 4 is 33.0 Å². The highest BCUT2D eigenvalue weighted by molar-refractivity contribution is 7.19. The largest absolute Gasteiger partial charge is 0.326 e. The number of rotatable bonds is 2. The standard InChI is InChI=1S/C12H14ClN3S/c13-12-10-5-9(17-11(10)1-3-15-12)7-16-4-2-8(14)6-16/h1,3,5,8H,2,4,6-7,14H2/t8-/m0/s1. The molecule has 1 fully saturated rings. The quantitative estimate of drug-likeness (QED) is 0.850. The molecule has 90 valence electrons. The zero-order valence-electron chi connectivity index (χ0n) is 9.40. The number of likely N-dealkylation sites (tertiary alicyclic amines) is 1. The average Bonchev–Trinajstić information content (AvgIpc) is 2.86. The SMILES string of the molecule is N[C@H]1CCN(Cc2cc3c(Cl)nccc3s2)C1. The summed E-state index contributed by atoms with van der Waals surface area (Å²) in [5.74, 6) is 0. The van der Waals surface area contributed by atoms with Gasteiger partial charge in [-0.2, -0.15) is 0 Å². The molecule has 0 aromatic carbocycles. The van der Waals surface area contributed by atoms with E-state index in [1.54, 1.807) is 17.5 Å². The Bertz CT molecular complexity index is 540. The van der Waals surface area contributed by atoms with Gasteiger partial charge in [0.1, 0.15) is 5.15 Å². The van der Waals surface area contributed by atoms with Crippen LogP contribution in [0.5, 0.6) is 0 Å². The lowest BCUT2D eigenvalue weighted by molar-refractivity contribution is 0.330. The van der Waals surface area contributed by atoms with Gasteiger partial charge in [-0.3, -0.25) is 4.90 Å². The predicted molar refractivity (Wildman–Crippen MR) is 72.5 cm³/mol. The summed E-state index contributed by atoms with van der Waals surface area (Å²) in [5, 5.41) is 1.67. The molecule has 3 nitrogen and oxygen atoms in total. The van der Waals surface area contributed by atoms with Crippen LogP contribution in [-0.2, 0) is 6.54 Å². The van der Waals surface area contributed by atoms with E-state index >= 15 is 0 Å². The molecule has 3 heterocycles. The molecule has 17 heavy (non-hydrogen) atoms. The van der Waals surface area contributed by atoms with Gasteiger partial charge in [-0.15, -0.1) is 11.3 Å². The van der Waals surface area contributed by atoms with E-state index < -0.39 is 0 Å². The van der Waals surface area contributed by atoms with Crippen LogP contribution in [0.3, 0.4) is 0 Å². The van der Waals surface area contributed by atoms with Crippen molar-refractivity contribution in [3.8, 4) is 0 Å². The first-order chi connectivity index (χ1) is 8.22. The zero-order chi connectivity index (χ0) is 11.8. The average molecular weight is 268 g/mol. The Labute approximate surface area is 109 Å². The van der Waals surface area contributed by atoms with Crippen molar-refractivity contribution in [1.29, 1.82) is 0 Å². The maximum Gasteiger partial charge on any atom is 0.137 e. The summed E-state index contributed by atoms with van der Waals surface area (Å²) in [4.78, 5) is 7.84. The van der Waals surface area contributed by atoms with Gasteiger partial charge >= 0.3 is 0 Å². The monoisotopic (exact) mass is 267 g/mol. The summed E-state index contributed by atoms with van der Waals surface area (Å²) in [6, 6.07) is 4.51. The van der Waals surface area contributed by atoms with Gasteiger partial charge < -0.3 is 5.73 Å². The number of hydrogen-bond acceptors (Lipinski definition) is 4. The Morgan fingerprint density at radius 1 is 1.59 bits per heavy atom. The van der Waals surface area contributed by atoms with Crippen molar-refractivity contribution in [2.24, 2.45) is 5.73 Å². The fourth-order valence-electron chi connectivity index (χ4n) is 2.29. The van der Waals surface area contributed by atoms with Crippen LogP contribution in [0.4, 0.5) is 0 Å². The van der Waals surface area contributed by atoms with Crippen molar-refractivity contribution in [2.75, 3.05) is 13.1 Å². The molecule has 0 aliphatic carbocycles. The topological polar surface area (TPSA) is 42.1 Å². The molecular weight excluding hydrogens is 254 g/mol. The third-order valence-electron chi connectivity index (χ3n) is 3.14. The van der Waals surface area contributed by atoms with Crippen LogP contribution in [0.2, 0.25) is 5.15 Å². The van der Waals surface area contributed by atoms with Crippen LogP contribution >= 0.6 is 22.9 Å². The van der Waals surface area contributed by atoms with Crippen LogP contribution in [-0.4, -0.2) is 29.0 Å². The molecule has 3 rings (SSSR count). The number of thiophene rings is 1. The van der Waals surface area contributed by atoms with Crippen molar-refractivity contribution in [1.82, 2.24) is 9.88 Å². The second-order valence-electron chi connectivity index (χ2n) is 4.51. The Morgan fingerprint density at radius 3 is 3.18 bits per heavy atom. The summed E-state index contributed by atoms with van der Waals surface area (Å²) in [5.41, 5.74) is 5.91. The minimum Gasteiger partial charge on any atom is -0.326 e. The van der Waals surface area contributed by atoms with Crippen LogP contribution < -0.4 is 5.73 Å². The lowest BCUT2D eigenvalue weighted by atomic mass is 10.3. The number of halogens is 1. The molecule has 0 amide bonds. The molecule has 1 aliphatic rings. The number of nitrogens with zero attached hydrogens (tertiary/aromatic N) is 2. The fourth-order valence-corrected chi connectivity index (χ4v) is 3.66. The summed E-state index contributed by atoms with van der Waals surface area (Å²) >= 11 is 7.86. The molecule has 1 aliphatic heterocycles. The third kappa shape index (κ3) is 2.31. The minimum atomic E-state index is 0.342. The van der Waals surface area contributed by atoms with Gasteiger partial charge in [0.05, 0.1) is 0 Å². The van der Waals surface area contributed by atoms with Gasteiger partial charge in [0.2, 0.25) is 0 Å². The van der Waals surface area contributed by atoms with Crippen molar-refractivity contribution in [3.63, 3.8) is 0 Å². The molecule has 1 atom stereocenters. The Morgan fingerprint density at radius 2 is 2.47 bits per heavy atom. The highest BCUT2D eigenvalue weighted by atomic mass is 35.5. The van der Waals surface area contributed by atoms with Crippen LogP contribution in [0.1, 0.15) is 11.3 Å². The molecule has 2 aromatic rings. The van der Waals surface area contributed by atoms with Gasteiger partial charge in [-0.25, -0.2) is 4.98 Å². The highest BCUT2D eigenvalue weighted by Crippen LogP contribution is 2.30. The van der Waals surface area contributed by atoms with E-state index in [1.807, 2.05) is 6.07 Å². The fraction of sp³-hybridized carbons (Fsp3) is 0.417. The molecule has 0 radical (unpaired) electrons. The van der Waals surface area contributed by atoms with Gasteiger partial charge in [0.25, 0.3) is 0 Å². The smallest absolute Gasteiger partial charge is 0.137 e. The highest BCUT2D eigenvalue weighted by Gasteiger charge is 2.19. The Hall–Kier alpha value is -0.680. The molecule has 5 heteroatoms. The van der Waals surface area contributed by atoms with E-state index in [9.17, 15) is 0 Å². The van der Waals surface area contributed by atoms with E-state index in [0.29, 0.717) is 11.2 Å². The summed E-state index contributed by atoms with van der Waals surface area (Å²) in [6.07, 6.45) is 2.87. The maximum atomic E-state index is 6.07. The number of nitrogens with two attached hydrogens (primary N) is 1. The summed E-state index contributed by atoms with van der Waals surface area (Å²) in [6.45, 7) is 3.07. The first kappa shape index (κ1) is 11.4. The van der Waals surface area contributed by atoms with Crippen molar-refractivity contribution in [2.45, 2.75) is 19.0 Å². The Balaban J connectivity index is 1.84. The molecular formula is C12H14ClN3S. The predicted octanol–water partition coefficient (Wildman–Crippen LogP) is 2.48. The maximum absolute atomic E-state index is 6.07. The first-order valence-corrected chi connectivity index (χ1v) is 6.92. The lowest BCUT2D eigenvalue weighted by Gasteiger charge is -2.12. The molecule has 2 N–H and O–H groups in total. The first-order valence-electron chi connectivity index (χ1n) is 5.73. The van der Waals surface area contributed by atoms with E-state index in [1.165, 1.54) is 9.58 Å². The summed E-state index contributed by atoms with van der Waals surface area (Å²) < 4.78 is 1.21. The summed E-state index contributed by atoms with van der Waals surface area (Å²) in [7, 11) is 0. The molecule has 2 aromatic heterocycles. The third-order valence-corrected chi connectivity index (χ3v) is 4.52. The molecule has 1 saturated heterocycles. The Kier molecular flexibility index (Phi) is 3.04. The van der Waals surface area contributed by atoms with Crippen LogP contribution in [0, 0.1) is 0 Å².